The summed E-state index contributed by atoms with van der Waals surface area (Å²) in [4.78, 5) is 18.3. The lowest BCUT2D eigenvalue weighted by Crippen LogP contribution is -2.56. The van der Waals surface area contributed by atoms with Gasteiger partial charge in [0.2, 0.25) is 5.91 Å². The zero-order chi connectivity index (χ0) is 16.6. The first-order valence-corrected chi connectivity index (χ1v) is 9.64. The van der Waals surface area contributed by atoms with Gasteiger partial charge in [-0.1, -0.05) is 36.4 Å². The lowest BCUT2D eigenvalue weighted by molar-refractivity contribution is -0.131. The number of benzene rings is 1. The van der Waals surface area contributed by atoms with Crippen LogP contribution in [0.1, 0.15) is 30.2 Å². The molecule has 0 saturated carbocycles. The maximum atomic E-state index is 12.2. The fraction of sp³-hybridized carbons (Fsp3) is 0.450. The fourth-order valence-electron chi connectivity index (χ4n) is 4.59. The van der Waals surface area contributed by atoms with Gasteiger partial charge >= 0.3 is 0 Å². The highest BCUT2D eigenvalue weighted by molar-refractivity contribution is 7.09. The van der Waals surface area contributed by atoms with Crippen molar-refractivity contribution in [3.8, 4) is 0 Å². The van der Waals surface area contributed by atoms with E-state index in [1.807, 2.05) is 11.3 Å². The molecule has 1 aromatic heterocycles. The SMILES string of the molecule is CC(=O)N1CCC2(c3ccccc3)CCN(Cc3cccs3)CC12. The van der Waals surface area contributed by atoms with E-state index in [-0.39, 0.29) is 11.3 Å². The average molecular weight is 340 g/mol. The van der Waals surface area contributed by atoms with E-state index in [1.165, 1.54) is 10.4 Å². The maximum Gasteiger partial charge on any atom is 0.219 e. The quantitative estimate of drug-likeness (QED) is 0.854. The van der Waals surface area contributed by atoms with Crippen molar-refractivity contribution in [2.45, 2.75) is 37.8 Å². The lowest BCUT2D eigenvalue weighted by atomic mass is 9.69. The Morgan fingerprint density at radius 1 is 1.17 bits per heavy atom. The summed E-state index contributed by atoms with van der Waals surface area (Å²) in [7, 11) is 0. The zero-order valence-corrected chi connectivity index (χ0v) is 15.0. The molecule has 0 spiro atoms. The first-order valence-electron chi connectivity index (χ1n) is 8.76. The second kappa shape index (κ2) is 6.34. The Morgan fingerprint density at radius 2 is 1.96 bits per heavy atom. The molecular weight excluding hydrogens is 316 g/mol. The molecule has 2 fully saturated rings. The predicted molar refractivity (Wildman–Crippen MR) is 98.1 cm³/mol. The highest BCUT2D eigenvalue weighted by Gasteiger charge is 2.51. The summed E-state index contributed by atoms with van der Waals surface area (Å²) in [5.41, 5.74) is 1.55. The number of fused-ring (bicyclic) bond motifs is 1. The lowest BCUT2D eigenvalue weighted by Gasteiger charge is -2.46. The molecule has 0 N–H and O–H groups in total. The molecule has 24 heavy (non-hydrogen) atoms. The molecule has 3 heterocycles. The predicted octanol–water partition coefficient (Wildman–Crippen LogP) is 3.51. The van der Waals surface area contributed by atoms with E-state index in [0.29, 0.717) is 6.04 Å². The van der Waals surface area contributed by atoms with Crippen LogP contribution in [0, 0.1) is 0 Å². The van der Waals surface area contributed by atoms with Crippen LogP contribution >= 0.6 is 11.3 Å². The Hall–Kier alpha value is -1.65. The monoisotopic (exact) mass is 340 g/mol. The number of likely N-dealkylation sites (tertiary alicyclic amines) is 2. The third-order valence-electron chi connectivity index (χ3n) is 5.83. The molecule has 0 aliphatic carbocycles. The van der Waals surface area contributed by atoms with Gasteiger partial charge in [-0.15, -0.1) is 11.3 Å². The van der Waals surface area contributed by atoms with Crippen molar-refractivity contribution in [2.24, 2.45) is 0 Å². The number of hydrogen-bond acceptors (Lipinski definition) is 3. The standard InChI is InChI=1S/C20H24N2OS/c1-16(23)22-12-10-20(17-6-3-2-4-7-17)9-11-21(15-19(20)22)14-18-8-5-13-24-18/h2-8,13,19H,9-12,14-15H2,1H3. The molecule has 1 aromatic carbocycles. The zero-order valence-electron chi connectivity index (χ0n) is 14.1. The van der Waals surface area contributed by atoms with Gasteiger partial charge in [0.05, 0.1) is 6.04 Å². The molecule has 0 bridgehead atoms. The summed E-state index contributed by atoms with van der Waals surface area (Å²) in [6, 6.07) is 15.5. The van der Waals surface area contributed by atoms with Crippen LogP contribution in [0.15, 0.2) is 47.8 Å². The van der Waals surface area contributed by atoms with Gasteiger partial charge in [0.25, 0.3) is 0 Å². The molecule has 2 unspecified atom stereocenters. The second-order valence-corrected chi connectivity index (χ2v) is 8.10. The van der Waals surface area contributed by atoms with Crippen LogP contribution in [0.25, 0.3) is 0 Å². The number of carbonyl (C=O) groups excluding carboxylic acids is 1. The molecular formula is C20H24N2OS. The summed E-state index contributed by atoms with van der Waals surface area (Å²) in [5.74, 6) is 0.218. The van der Waals surface area contributed by atoms with Crippen LogP contribution in [-0.4, -0.2) is 41.4 Å². The van der Waals surface area contributed by atoms with E-state index in [2.05, 4.69) is 57.6 Å². The second-order valence-electron chi connectivity index (χ2n) is 7.06. The van der Waals surface area contributed by atoms with E-state index >= 15 is 0 Å². The van der Waals surface area contributed by atoms with Crippen LogP contribution in [0.4, 0.5) is 0 Å². The first kappa shape index (κ1) is 15.9. The van der Waals surface area contributed by atoms with Crippen molar-refractivity contribution >= 4 is 17.2 Å². The molecule has 126 valence electrons. The normalized spacial score (nSPS) is 27.2. The molecule has 4 heteroatoms. The maximum absolute atomic E-state index is 12.2. The molecule has 1 amide bonds. The number of amides is 1. The summed E-state index contributed by atoms with van der Waals surface area (Å²) in [6.45, 7) is 5.70. The number of carbonyl (C=O) groups is 1. The van der Waals surface area contributed by atoms with Crippen molar-refractivity contribution in [1.82, 2.24) is 9.80 Å². The largest absolute Gasteiger partial charge is 0.338 e. The van der Waals surface area contributed by atoms with Crippen LogP contribution < -0.4 is 0 Å². The molecule has 4 rings (SSSR count). The van der Waals surface area contributed by atoms with Gasteiger partial charge in [0, 0.05) is 36.9 Å². The smallest absolute Gasteiger partial charge is 0.219 e. The molecule has 3 nitrogen and oxygen atoms in total. The Labute approximate surface area is 147 Å². The Bertz CT molecular complexity index is 700. The molecule has 2 aromatic rings. The molecule has 0 radical (unpaired) electrons. The summed E-state index contributed by atoms with van der Waals surface area (Å²) < 4.78 is 0. The highest BCUT2D eigenvalue weighted by Crippen LogP contribution is 2.46. The third kappa shape index (κ3) is 2.68. The summed E-state index contributed by atoms with van der Waals surface area (Å²) in [5, 5.41) is 2.14. The van der Waals surface area contributed by atoms with Crippen molar-refractivity contribution < 1.29 is 4.79 Å². The van der Waals surface area contributed by atoms with Crippen molar-refractivity contribution in [3.05, 3.63) is 58.3 Å². The van der Waals surface area contributed by atoms with E-state index in [0.717, 1.165) is 39.0 Å². The number of thiophene rings is 1. The number of rotatable bonds is 3. The van der Waals surface area contributed by atoms with Gasteiger partial charge in [-0.2, -0.15) is 0 Å². The molecule has 2 atom stereocenters. The van der Waals surface area contributed by atoms with E-state index in [4.69, 9.17) is 0 Å². The number of hydrogen-bond donors (Lipinski definition) is 0. The highest BCUT2D eigenvalue weighted by atomic mass is 32.1. The average Bonchev–Trinajstić information content (AvgIpc) is 3.23. The fourth-order valence-corrected chi connectivity index (χ4v) is 5.34. The van der Waals surface area contributed by atoms with E-state index < -0.39 is 0 Å². The van der Waals surface area contributed by atoms with Gasteiger partial charge in [-0.3, -0.25) is 9.69 Å². The minimum Gasteiger partial charge on any atom is -0.338 e. The Morgan fingerprint density at radius 3 is 2.67 bits per heavy atom. The molecule has 2 saturated heterocycles. The van der Waals surface area contributed by atoms with Gasteiger partial charge < -0.3 is 4.90 Å². The van der Waals surface area contributed by atoms with Gasteiger partial charge in [0.1, 0.15) is 0 Å². The summed E-state index contributed by atoms with van der Waals surface area (Å²) in [6.07, 6.45) is 2.23. The Kier molecular flexibility index (Phi) is 4.19. The Balaban J connectivity index is 1.62. The molecule has 2 aliphatic heterocycles. The van der Waals surface area contributed by atoms with Crippen molar-refractivity contribution in [3.63, 3.8) is 0 Å². The van der Waals surface area contributed by atoms with Crippen molar-refractivity contribution in [1.29, 1.82) is 0 Å². The van der Waals surface area contributed by atoms with Gasteiger partial charge in [-0.25, -0.2) is 0 Å². The van der Waals surface area contributed by atoms with Crippen molar-refractivity contribution in [2.75, 3.05) is 19.6 Å². The van der Waals surface area contributed by atoms with E-state index in [1.54, 1.807) is 6.92 Å². The van der Waals surface area contributed by atoms with Crippen LogP contribution in [0.5, 0.6) is 0 Å². The number of piperidine rings is 1. The van der Waals surface area contributed by atoms with Gasteiger partial charge in [-0.05, 0) is 36.4 Å². The number of nitrogens with zero attached hydrogens (tertiary/aromatic N) is 2. The minimum atomic E-state index is 0.138. The summed E-state index contributed by atoms with van der Waals surface area (Å²) >= 11 is 1.82. The third-order valence-corrected chi connectivity index (χ3v) is 6.69. The molecule has 2 aliphatic rings. The first-order chi connectivity index (χ1) is 11.7. The minimum absolute atomic E-state index is 0.138. The van der Waals surface area contributed by atoms with Crippen LogP contribution in [-0.2, 0) is 16.8 Å². The van der Waals surface area contributed by atoms with E-state index in [9.17, 15) is 4.79 Å². The van der Waals surface area contributed by atoms with Crippen LogP contribution in [0.2, 0.25) is 0 Å². The van der Waals surface area contributed by atoms with Crippen LogP contribution in [0.3, 0.4) is 0 Å². The topological polar surface area (TPSA) is 23.6 Å². The van der Waals surface area contributed by atoms with Gasteiger partial charge in [0.15, 0.2) is 0 Å².